The molecule has 0 N–H and O–H groups in total. The fraction of sp³-hybridized carbons (Fsp3) is 0.476. The van der Waals surface area contributed by atoms with E-state index in [0.29, 0.717) is 44.1 Å². The van der Waals surface area contributed by atoms with Gasteiger partial charge in [-0.05, 0) is 32.4 Å². The van der Waals surface area contributed by atoms with Gasteiger partial charge in [0.1, 0.15) is 0 Å². The van der Waals surface area contributed by atoms with Crippen molar-refractivity contribution in [2.45, 2.75) is 26.3 Å². The molecule has 11 heteroatoms. The number of carbonyl (C=O) groups excluding carboxylic acids is 1. The van der Waals surface area contributed by atoms with Crippen LogP contribution in [-0.2, 0) is 9.84 Å². The van der Waals surface area contributed by atoms with Gasteiger partial charge in [0.2, 0.25) is 5.76 Å². The first-order valence-corrected chi connectivity index (χ1v) is 12.5. The van der Waals surface area contributed by atoms with Crippen molar-refractivity contribution < 1.29 is 22.2 Å². The van der Waals surface area contributed by atoms with Crippen LogP contribution in [0.15, 0.2) is 33.4 Å². The average molecular weight is 460 g/mol. The van der Waals surface area contributed by atoms with Crippen LogP contribution in [0.2, 0.25) is 0 Å². The molecular formula is C21H25N5O5S. The van der Waals surface area contributed by atoms with Crippen molar-refractivity contribution in [2.24, 2.45) is 0 Å². The molecule has 2 aliphatic heterocycles. The second-order valence-corrected chi connectivity index (χ2v) is 10.6. The van der Waals surface area contributed by atoms with Crippen molar-refractivity contribution in [2.75, 3.05) is 42.6 Å². The number of rotatable bonds is 4. The molecule has 2 fully saturated rings. The molecule has 5 heterocycles. The highest BCUT2D eigenvalue weighted by Crippen LogP contribution is 2.32. The third-order valence-electron chi connectivity index (χ3n) is 6.22. The summed E-state index contributed by atoms with van der Waals surface area (Å²) in [6.45, 7) is 6.35. The van der Waals surface area contributed by atoms with E-state index in [1.165, 1.54) is 6.26 Å². The van der Waals surface area contributed by atoms with E-state index >= 15 is 0 Å². The van der Waals surface area contributed by atoms with E-state index in [4.69, 9.17) is 8.94 Å². The first kappa shape index (κ1) is 20.8. The number of aromatic nitrogens is 3. The lowest BCUT2D eigenvalue weighted by molar-refractivity contribution is 0.0736. The summed E-state index contributed by atoms with van der Waals surface area (Å²) in [6, 6.07) is 4.99. The van der Waals surface area contributed by atoms with E-state index in [9.17, 15) is 13.2 Å². The highest BCUT2D eigenvalue weighted by Gasteiger charge is 2.33. The molecule has 1 amide bonds. The molecule has 3 aromatic heterocycles. The maximum absolute atomic E-state index is 12.9. The van der Waals surface area contributed by atoms with Crippen LogP contribution in [0.25, 0.3) is 11.5 Å². The Balaban J connectivity index is 1.27. The standard InChI is InChI=1S/C21H25N5O5S/c1-14-20(15(2)26(22-14)16-5-11-32(28,29)13-16)24-6-8-25(9-7-24)21(27)17-12-19(31-23-17)18-4-3-10-30-18/h3-4,10,12,16H,5-9,11,13H2,1-2H3/t16-/m0/s1. The van der Waals surface area contributed by atoms with Crippen LogP contribution >= 0.6 is 0 Å². The maximum atomic E-state index is 12.9. The van der Waals surface area contributed by atoms with E-state index in [2.05, 4.69) is 15.2 Å². The summed E-state index contributed by atoms with van der Waals surface area (Å²) in [5.74, 6) is 1.14. The molecule has 0 bridgehead atoms. The zero-order valence-electron chi connectivity index (χ0n) is 18.0. The zero-order valence-corrected chi connectivity index (χ0v) is 18.8. The van der Waals surface area contributed by atoms with Crippen molar-refractivity contribution in [1.29, 1.82) is 0 Å². The van der Waals surface area contributed by atoms with Gasteiger partial charge in [-0.1, -0.05) is 5.16 Å². The minimum absolute atomic E-state index is 0.106. The molecule has 2 aliphatic rings. The smallest absolute Gasteiger partial charge is 0.276 e. The van der Waals surface area contributed by atoms with Crippen molar-refractivity contribution >= 4 is 21.4 Å². The number of hydrogen-bond acceptors (Lipinski definition) is 8. The van der Waals surface area contributed by atoms with Crippen LogP contribution in [-0.4, -0.2) is 71.8 Å². The third kappa shape index (κ3) is 3.70. The number of nitrogens with zero attached hydrogens (tertiary/aromatic N) is 5. The van der Waals surface area contributed by atoms with Crippen LogP contribution in [0.1, 0.15) is 34.3 Å². The predicted octanol–water partition coefficient (Wildman–Crippen LogP) is 2.07. The molecule has 0 unspecified atom stereocenters. The maximum Gasteiger partial charge on any atom is 0.276 e. The number of aryl methyl sites for hydroxylation is 1. The second kappa shape index (κ2) is 7.80. The minimum Gasteiger partial charge on any atom is -0.461 e. The highest BCUT2D eigenvalue weighted by atomic mass is 32.2. The van der Waals surface area contributed by atoms with Crippen LogP contribution in [0, 0.1) is 13.8 Å². The number of carbonyl (C=O) groups is 1. The van der Waals surface area contributed by atoms with Gasteiger partial charge in [0.15, 0.2) is 21.3 Å². The molecule has 170 valence electrons. The first-order valence-electron chi connectivity index (χ1n) is 10.6. The van der Waals surface area contributed by atoms with Gasteiger partial charge in [0.05, 0.1) is 40.9 Å². The fourth-order valence-corrected chi connectivity index (χ4v) is 6.33. The Kier molecular flexibility index (Phi) is 5.07. The Morgan fingerprint density at radius 3 is 2.59 bits per heavy atom. The Hall–Kier alpha value is -3.08. The molecule has 10 nitrogen and oxygen atoms in total. The van der Waals surface area contributed by atoms with E-state index in [1.54, 1.807) is 23.1 Å². The van der Waals surface area contributed by atoms with E-state index in [-0.39, 0.29) is 29.1 Å². The van der Waals surface area contributed by atoms with Gasteiger partial charge >= 0.3 is 0 Å². The highest BCUT2D eigenvalue weighted by molar-refractivity contribution is 7.91. The van der Waals surface area contributed by atoms with Crippen molar-refractivity contribution in [3.63, 3.8) is 0 Å². The molecule has 2 saturated heterocycles. The Bertz CT molecular complexity index is 1240. The van der Waals surface area contributed by atoms with Gasteiger partial charge in [-0.25, -0.2) is 8.42 Å². The van der Waals surface area contributed by atoms with Crippen LogP contribution < -0.4 is 4.90 Å². The molecular weight excluding hydrogens is 434 g/mol. The van der Waals surface area contributed by atoms with Gasteiger partial charge in [-0.3, -0.25) is 9.48 Å². The monoisotopic (exact) mass is 459 g/mol. The second-order valence-electron chi connectivity index (χ2n) is 8.35. The lowest BCUT2D eigenvalue weighted by atomic mass is 10.2. The zero-order chi connectivity index (χ0) is 22.5. The van der Waals surface area contributed by atoms with Crippen molar-refractivity contribution in [3.8, 4) is 11.5 Å². The minimum atomic E-state index is -2.98. The van der Waals surface area contributed by atoms with Gasteiger partial charge in [0, 0.05) is 32.2 Å². The molecule has 1 atom stereocenters. The molecule has 0 spiro atoms. The largest absolute Gasteiger partial charge is 0.461 e. The number of amides is 1. The lowest BCUT2D eigenvalue weighted by Crippen LogP contribution is -2.49. The van der Waals surface area contributed by atoms with Gasteiger partial charge in [-0.15, -0.1) is 0 Å². The lowest BCUT2D eigenvalue weighted by Gasteiger charge is -2.36. The van der Waals surface area contributed by atoms with Gasteiger partial charge in [0.25, 0.3) is 5.91 Å². The number of hydrogen-bond donors (Lipinski definition) is 0. The van der Waals surface area contributed by atoms with Crippen molar-refractivity contribution in [3.05, 3.63) is 41.5 Å². The fourth-order valence-electron chi connectivity index (χ4n) is 4.64. The van der Waals surface area contributed by atoms with Crippen LogP contribution in [0.5, 0.6) is 0 Å². The normalized spacial score (nSPS) is 20.8. The van der Waals surface area contributed by atoms with Crippen LogP contribution in [0.4, 0.5) is 5.69 Å². The molecule has 5 rings (SSSR count). The van der Waals surface area contributed by atoms with E-state index < -0.39 is 9.84 Å². The summed E-state index contributed by atoms with van der Waals surface area (Å²) in [5.41, 5.74) is 3.14. The van der Waals surface area contributed by atoms with E-state index in [1.807, 2.05) is 18.5 Å². The molecule has 0 saturated carbocycles. The summed E-state index contributed by atoms with van der Waals surface area (Å²) in [4.78, 5) is 16.9. The summed E-state index contributed by atoms with van der Waals surface area (Å²) in [5, 5.41) is 8.57. The SMILES string of the molecule is Cc1nn([C@H]2CCS(=O)(=O)C2)c(C)c1N1CCN(C(=O)c2cc(-c3ccco3)on2)CC1. The summed E-state index contributed by atoms with van der Waals surface area (Å²) in [7, 11) is -2.98. The Labute approximate surface area is 185 Å². The van der Waals surface area contributed by atoms with Gasteiger partial charge in [-0.2, -0.15) is 5.10 Å². The predicted molar refractivity (Wildman–Crippen MR) is 116 cm³/mol. The van der Waals surface area contributed by atoms with Gasteiger partial charge < -0.3 is 18.7 Å². The number of piperazine rings is 1. The topological polar surface area (TPSA) is 115 Å². The summed E-state index contributed by atoms with van der Waals surface area (Å²) in [6.07, 6.45) is 2.14. The summed E-state index contributed by atoms with van der Waals surface area (Å²) < 4.78 is 36.2. The van der Waals surface area contributed by atoms with E-state index in [0.717, 1.165) is 17.1 Å². The third-order valence-corrected chi connectivity index (χ3v) is 7.97. The number of anilines is 1. The van der Waals surface area contributed by atoms with Crippen LogP contribution in [0.3, 0.4) is 0 Å². The summed E-state index contributed by atoms with van der Waals surface area (Å²) >= 11 is 0. The first-order chi connectivity index (χ1) is 15.3. The molecule has 0 radical (unpaired) electrons. The Morgan fingerprint density at radius 2 is 1.94 bits per heavy atom. The molecule has 0 aliphatic carbocycles. The number of sulfone groups is 1. The van der Waals surface area contributed by atoms with Crippen molar-refractivity contribution in [1.82, 2.24) is 19.8 Å². The molecule has 3 aromatic rings. The molecule has 32 heavy (non-hydrogen) atoms. The molecule has 0 aromatic carbocycles. The quantitative estimate of drug-likeness (QED) is 0.582. The Morgan fingerprint density at radius 1 is 1.16 bits per heavy atom. The number of furan rings is 1. The average Bonchev–Trinajstić information content (AvgIpc) is 3.55.